The molecule has 0 saturated carbocycles. The molecule has 0 aromatic heterocycles. The Hall–Kier alpha value is -2.73. The molecule has 158 valence electrons. The number of halogens is 1. The summed E-state index contributed by atoms with van der Waals surface area (Å²) in [6.07, 6.45) is 0. The van der Waals surface area contributed by atoms with Gasteiger partial charge >= 0.3 is 0 Å². The van der Waals surface area contributed by atoms with Crippen LogP contribution in [-0.2, 0) is 6.54 Å². The Kier molecular flexibility index (Phi) is 6.66. The molecular weight excluding hydrogens is 426 g/mol. The van der Waals surface area contributed by atoms with Crippen molar-refractivity contribution < 1.29 is 4.79 Å². The monoisotopic (exact) mass is 449 g/mol. The SMILES string of the molecule is C=C1Nc2cc(C(=O)NCCN(C)Cc3ccccc3)ccc2Sc2ccc(Cl)cc21. The highest BCUT2D eigenvalue weighted by Gasteiger charge is 2.18. The number of amides is 1. The van der Waals surface area contributed by atoms with Gasteiger partial charge in [0, 0.05) is 51.3 Å². The first-order valence-electron chi connectivity index (χ1n) is 10.1. The topological polar surface area (TPSA) is 44.4 Å². The maximum Gasteiger partial charge on any atom is 0.251 e. The lowest BCUT2D eigenvalue weighted by molar-refractivity contribution is 0.0949. The molecule has 6 heteroatoms. The van der Waals surface area contributed by atoms with Gasteiger partial charge in [-0.1, -0.05) is 60.3 Å². The summed E-state index contributed by atoms with van der Waals surface area (Å²) < 4.78 is 0. The van der Waals surface area contributed by atoms with E-state index >= 15 is 0 Å². The van der Waals surface area contributed by atoms with Crippen LogP contribution in [0.1, 0.15) is 21.5 Å². The zero-order valence-electron chi connectivity index (χ0n) is 17.3. The number of nitrogens with one attached hydrogen (secondary N) is 2. The molecule has 4 rings (SSSR count). The maximum atomic E-state index is 12.7. The Balaban J connectivity index is 1.38. The number of rotatable bonds is 6. The summed E-state index contributed by atoms with van der Waals surface area (Å²) in [6, 6.07) is 21.8. The molecule has 1 heterocycles. The molecule has 0 bridgehead atoms. The molecule has 1 aliphatic rings. The minimum Gasteiger partial charge on any atom is -0.355 e. The van der Waals surface area contributed by atoms with E-state index in [1.54, 1.807) is 11.8 Å². The van der Waals surface area contributed by atoms with Crippen molar-refractivity contribution in [2.24, 2.45) is 0 Å². The lowest BCUT2D eigenvalue weighted by atomic mass is 10.1. The highest BCUT2D eigenvalue weighted by Crippen LogP contribution is 2.42. The van der Waals surface area contributed by atoms with Crippen molar-refractivity contribution in [3.05, 3.63) is 95.0 Å². The van der Waals surface area contributed by atoms with E-state index in [0.29, 0.717) is 17.1 Å². The first-order valence-corrected chi connectivity index (χ1v) is 11.3. The van der Waals surface area contributed by atoms with Gasteiger partial charge in [0.15, 0.2) is 0 Å². The van der Waals surface area contributed by atoms with Gasteiger partial charge in [0.25, 0.3) is 5.91 Å². The van der Waals surface area contributed by atoms with Gasteiger partial charge in [0.2, 0.25) is 0 Å². The van der Waals surface area contributed by atoms with Crippen LogP contribution in [0.15, 0.2) is 83.1 Å². The van der Waals surface area contributed by atoms with Crippen LogP contribution in [0, 0.1) is 0 Å². The van der Waals surface area contributed by atoms with Crippen LogP contribution in [0.25, 0.3) is 5.70 Å². The summed E-state index contributed by atoms with van der Waals surface area (Å²) in [6.45, 7) is 6.35. The number of hydrogen-bond acceptors (Lipinski definition) is 4. The summed E-state index contributed by atoms with van der Waals surface area (Å²) in [4.78, 5) is 17.0. The highest BCUT2D eigenvalue weighted by atomic mass is 35.5. The van der Waals surface area contributed by atoms with E-state index in [0.717, 1.165) is 39.8 Å². The third-order valence-electron chi connectivity index (χ3n) is 5.09. The van der Waals surface area contributed by atoms with Crippen molar-refractivity contribution in [2.75, 3.05) is 25.5 Å². The number of nitrogens with zero attached hydrogens (tertiary/aromatic N) is 1. The molecule has 3 aromatic rings. The van der Waals surface area contributed by atoms with Crippen LogP contribution < -0.4 is 10.6 Å². The number of hydrogen-bond donors (Lipinski definition) is 2. The summed E-state index contributed by atoms with van der Waals surface area (Å²) in [5, 5.41) is 7.03. The molecule has 4 nitrogen and oxygen atoms in total. The largest absolute Gasteiger partial charge is 0.355 e. The lowest BCUT2D eigenvalue weighted by Gasteiger charge is -2.17. The minimum absolute atomic E-state index is 0.0851. The van der Waals surface area contributed by atoms with Crippen molar-refractivity contribution >= 4 is 40.7 Å². The molecule has 0 saturated heterocycles. The fourth-order valence-corrected chi connectivity index (χ4v) is 4.66. The molecule has 0 fully saturated rings. The van der Waals surface area contributed by atoms with Gasteiger partial charge in [0.05, 0.1) is 5.69 Å². The minimum atomic E-state index is -0.0851. The van der Waals surface area contributed by atoms with Gasteiger partial charge in [-0.2, -0.15) is 0 Å². The molecule has 0 aliphatic carbocycles. The van der Waals surface area contributed by atoms with E-state index in [4.69, 9.17) is 11.6 Å². The Morgan fingerprint density at radius 2 is 1.87 bits per heavy atom. The summed E-state index contributed by atoms with van der Waals surface area (Å²) in [5.74, 6) is -0.0851. The summed E-state index contributed by atoms with van der Waals surface area (Å²) >= 11 is 7.79. The Morgan fingerprint density at radius 3 is 2.68 bits per heavy atom. The van der Waals surface area contributed by atoms with Crippen LogP contribution in [-0.4, -0.2) is 30.9 Å². The van der Waals surface area contributed by atoms with Gasteiger partial charge in [-0.25, -0.2) is 0 Å². The molecule has 0 atom stereocenters. The molecule has 3 aromatic carbocycles. The van der Waals surface area contributed by atoms with Crippen LogP contribution >= 0.6 is 23.4 Å². The van der Waals surface area contributed by atoms with Crippen LogP contribution in [0.5, 0.6) is 0 Å². The normalized spacial score (nSPS) is 12.5. The molecular formula is C25H24ClN3OS. The lowest BCUT2D eigenvalue weighted by Crippen LogP contribution is -2.32. The maximum absolute atomic E-state index is 12.7. The average molecular weight is 450 g/mol. The summed E-state index contributed by atoms with van der Waals surface area (Å²) in [5.41, 5.74) is 4.49. The van der Waals surface area contributed by atoms with Gasteiger partial charge < -0.3 is 15.5 Å². The van der Waals surface area contributed by atoms with Crippen molar-refractivity contribution in [3.8, 4) is 0 Å². The van der Waals surface area contributed by atoms with Crippen molar-refractivity contribution in [3.63, 3.8) is 0 Å². The first-order chi connectivity index (χ1) is 15.0. The van der Waals surface area contributed by atoms with E-state index < -0.39 is 0 Å². The van der Waals surface area contributed by atoms with Crippen molar-refractivity contribution in [1.82, 2.24) is 10.2 Å². The third kappa shape index (κ3) is 5.31. The smallest absolute Gasteiger partial charge is 0.251 e. The number of carbonyl (C=O) groups is 1. The zero-order chi connectivity index (χ0) is 21.8. The predicted molar refractivity (Wildman–Crippen MR) is 130 cm³/mol. The molecule has 0 spiro atoms. The van der Waals surface area contributed by atoms with Gasteiger partial charge in [-0.15, -0.1) is 0 Å². The molecule has 31 heavy (non-hydrogen) atoms. The number of fused-ring (bicyclic) bond motifs is 2. The number of likely N-dealkylation sites (N-methyl/N-ethyl adjacent to an activating group) is 1. The van der Waals surface area contributed by atoms with Crippen LogP contribution in [0.2, 0.25) is 5.02 Å². The number of benzene rings is 3. The van der Waals surface area contributed by atoms with Gasteiger partial charge in [-0.3, -0.25) is 4.79 Å². The second-order valence-electron chi connectivity index (χ2n) is 7.54. The van der Waals surface area contributed by atoms with Gasteiger partial charge in [-0.05, 0) is 49.0 Å². The average Bonchev–Trinajstić information content (AvgIpc) is 2.89. The second-order valence-corrected chi connectivity index (χ2v) is 9.06. The Bertz CT molecular complexity index is 1120. The standard InChI is InChI=1S/C25H24ClN3OS/c1-17-21-15-20(26)9-11-23(21)31-24-10-8-19(14-22(24)28-17)25(30)27-12-13-29(2)16-18-6-4-3-5-7-18/h3-11,14-15,28H,1,12-13,16H2,2H3,(H,27,30). The third-order valence-corrected chi connectivity index (χ3v) is 6.48. The molecule has 2 N–H and O–H groups in total. The van der Waals surface area contributed by atoms with E-state index in [-0.39, 0.29) is 5.91 Å². The molecule has 0 radical (unpaired) electrons. The van der Waals surface area contributed by atoms with E-state index in [1.165, 1.54) is 5.56 Å². The Labute approximate surface area is 192 Å². The van der Waals surface area contributed by atoms with E-state index in [9.17, 15) is 4.79 Å². The van der Waals surface area contributed by atoms with E-state index in [1.807, 2.05) is 54.6 Å². The number of anilines is 1. The van der Waals surface area contributed by atoms with Crippen LogP contribution in [0.3, 0.4) is 0 Å². The van der Waals surface area contributed by atoms with Crippen molar-refractivity contribution in [2.45, 2.75) is 16.3 Å². The zero-order valence-corrected chi connectivity index (χ0v) is 18.9. The van der Waals surface area contributed by atoms with Crippen LogP contribution in [0.4, 0.5) is 5.69 Å². The fraction of sp³-hybridized carbons (Fsp3) is 0.160. The Morgan fingerprint density at radius 1 is 1.10 bits per heavy atom. The fourth-order valence-electron chi connectivity index (χ4n) is 3.47. The molecule has 0 unspecified atom stereocenters. The number of carbonyl (C=O) groups excluding carboxylic acids is 1. The first kappa shape index (κ1) is 21.5. The molecule has 1 aliphatic heterocycles. The quantitative estimate of drug-likeness (QED) is 0.503. The van der Waals surface area contributed by atoms with E-state index in [2.05, 4.69) is 41.3 Å². The highest BCUT2D eigenvalue weighted by molar-refractivity contribution is 7.99. The second kappa shape index (κ2) is 9.60. The van der Waals surface area contributed by atoms with Gasteiger partial charge in [0.1, 0.15) is 0 Å². The van der Waals surface area contributed by atoms with Crippen molar-refractivity contribution in [1.29, 1.82) is 0 Å². The predicted octanol–water partition coefficient (Wildman–Crippen LogP) is 5.75. The summed E-state index contributed by atoms with van der Waals surface area (Å²) in [7, 11) is 2.05. The molecule has 1 amide bonds.